The van der Waals surface area contributed by atoms with Crippen LogP contribution >= 0.6 is 11.3 Å². The highest BCUT2D eigenvalue weighted by Gasteiger charge is 2.09. The van der Waals surface area contributed by atoms with E-state index in [9.17, 15) is 0 Å². The third kappa shape index (κ3) is 4.71. The lowest BCUT2D eigenvalue weighted by Crippen LogP contribution is -2.35. The first-order valence-corrected chi connectivity index (χ1v) is 7.92. The summed E-state index contributed by atoms with van der Waals surface area (Å²) in [7, 11) is 2.21. The molecule has 0 radical (unpaired) electrons. The normalized spacial score (nSPS) is 15.0. The first-order chi connectivity index (χ1) is 8.58. The van der Waals surface area contributed by atoms with Crippen LogP contribution in [0.1, 0.15) is 49.9 Å². The van der Waals surface area contributed by atoms with Gasteiger partial charge in [-0.05, 0) is 45.9 Å². The van der Waals surface area contributed by atoms with Gasteiger partial charge in [0.1, 0.15) is 0 Å². The van der Waals surface area contributed by atoms with Crippen molar-refractivity contribution < 1.29 is 0 Å². The van der Waals surface area contributed by atoms with Crippen molar-refractivity contribution in [3.8, 4) is 0 Å². The van der Waals surface area contributed by atoms with E-state index in [0.717, 1.165) is 19.5 Å². The number of thiophene rings is 1. The summed E-state index contributed by atoms with van der Waals surface area (Å²) in [4.78, 5) is 5.36. The predicted molar refractivity (Wildman–Crippen MR) is 82.5 cm³/mol. The predicted octanol–water partition coefficient (Wildman–Crippen LogP) is 3.69. The van der Waals surface area contributed by atoms with Crippen LogP contribution in [0, 0.1) is 0 Å². The number of hydrogen-bond acceptors (Lipinski definition) is 3. The Hall–Kier alpha value is -0.380. The molecule has 0 aliphatic carbocycles. The van der Waals surface area contributed by atoms with Crippen LogP contribution in [0.2, 0.25) is 0 Å². The standard InChI is InChI=1S/C15H28N2S/c1-6-12(3)17(5)11-10-16-13(4)15-9-8-14(7-2)18-15/h8-9,12-13,16H,6-7,10-11H2,1-5H3. The Bertz CT molecular complexity index is 335. The van der Waals surface area contributed by atoms with Gasteiger partial charge in [0.25, 0.3) is 0 Å². The molecule has 2 nitrogen and oxygen atoms in total. The molecule has 1 N–H and O–H groups in total. The largest absolute Gasteiger partial charge is 0.308 e. The molecule has 0 saturated heterocycles. The van der Waals surface area contributed by atoms with Crippen LogP contribution in [0.3, 0.4) is 0 Å². The summed E-state index contributed by atoms with van der Waals surface area (Å²) in [6.07, 6.45) is 2.37. The summed E-state index contributed by atoms with van der Waals surface area (Å²) < 4.78 is 0. The lowest BCUT2D eigenvalue weighted by molar-refractivity contribution is 0.249. The number of rotatable bonds is 8. The van der Waals surface area contributed by atoms with Crippen molar-refractivity contribution in [3.63, 3.8) is 0 Å². The molecule has 1 rings (SSSR count). The Morgan fingerprint density at radius 1 is 1.28 bits per heavy atom. The molecule has 0 spiro atoms. The van der Waals surface area contributed by atoms with Crippen LogP contribution in [-0.4, -0.2) is 31.1 Å². The SMILES string of the molecule is CCc1ccc(C(C)NCCN(C)C(C)CC)s1. The molecule has 0 aliphatic heterocycles. The van der Waals surface area contributed by atoms with Gasteiger partial charge < -0.3 is 10.2 Å². The molecule has 3 heteroatoms. The van der Waals surface area contributed by atoms with E-state index in [4.69, 9.17) is 0 Å². The number of aryl methyl sites for hydroxylation is 1. The van der Waals surface area contributed by atoms with Gasteiger partial charge in [0.2, 0.25) is 0 Å². The number of nitrogens with one attached hydrogen (secondary N) is 1. The highest BCUT2D eigenvalue weighted by molar-refractivity contribution is 7.12. The van der Waals surface area contributed by atoms with Crippen LogP contribution in [0.5, 0.6) is 0 Å². The van der Waals surface area contributed by atoms with Crippen LogP contribution in [-0.2, 0) is 6.42 Å². The molecule has 0 fully saturated rings. The molecule has 1 aromatic heterocycles. The molecule has 1 heterocycles. The fourth-order valence-electron chi connectivity index (χ4n) is 1.91. The van der Waals surface area contributed by atoms with Crippen LogP contribution < -0.4 is 5.32 Å². The van der Waals surface area contributed by atoms with E-state index in [2.05, 4.69) is 57.1 Å². The molecular formula is C15H28N2S. The van der Waals surface area contributed by atoms with Crippen molar-refractivity contribution in [2.75, 3.05) is 20.1 Å². The minimum atomic E-state index is 0.473. The van der Waals surface area contributed by atoms with E-state index < -0.39 is 0 Å². The van der Waals surface area contributed by atoms with Crippen molar-refractivity contribution in [1.29, 1.82) is 0 Å². The molecule has 0 bridgehead atoms. The smallest absolute Gasteiger partial charge is 0.0386 e. The number of likely N-dealkylation sites (N-methyl/N-ethyl adjacent to an activating group) is 1. The lowest BCUT2D eigenvalue weighted by Gasteiger charge is -2.24. The third-order valence-electron chi connectivity index (χ3n) is 3.72. The number of nitrogens with zero attached hydrogens (tertiary/aromatic N) is 1. The first-order valence-electron chi connectivity index (χ1n) is 7.10. The maximum atomic E-state index is 3.61. The van der Waals surface area contributed by atoms with E-state index in [1.54, 1.807) is 0 Å². The van der Waals surface area contributed by atoms with E-state index in [1.165, 1.54) is 16.2 Å². The molecule has 0 aromatic carbocycles. The topological polar surface area (TPSA) is 15.3 Å². The van der Waals surface area contributed by atoms with Gasteiger partial charge in [0.05, 0.1) is 0 Å². The Morgan fingerprint density at radius 3 is 2.56 bits per heavy atom. The van der Waals surface area contributed by atoms with Crippen molar-refractivity contribution in [1.82, 2.24) is 10.2 Å². The maximum absolute atomic E-state index is 3.61. The lowest BCUT2D eigenvalue weighted by atomic mass is 10.2. The van der Waals surface area contributed by atoms with Crippen molar-refractivity contribution in [2.45, 2.75) is 52.6 Å². The van der Waals surface area contributed by atoms with E-state index in [0.29, 0.717) is 12.1 Å². The molecule has 2 unspecified atom stereocenters. The van der Waals surface area contributed by atoms with Gasteiger partial charge in [-0.2, -0.15) is 0 Å². The minimum absolute atomic E-state index is 0.473. The molecule has 18 heavy (non-hydrogen) atoms. The summed E-state index contributed by atoms with van der Waals surface area (Å²) in [5.41, 5.74) is 0. The van der Waals surface area contributed by atoms with Gasteiger partial charge in [-0.1, -0.05) is 13.8 Å². The van der Waals surface area contributed by atoms with Crippen LogP contribution in [0.15, 0.2) is 12.1 Å². The summed E-state index contributed by atoms with van der Waals surface area (Å²) in [5, 5.41) is 3.61. The van der Waals surface area contributed by atoms with Crippen LogP contribution in [0.25, 0.3) is 0 Å². The second-order valence-electron chi connectivity index (χ2n) is 5.07. The summed E-state index contributed by atoms with van der Waals surface area (Å²) in [6.45, 7) is 11.2. The van der Waals surface area contributed by atoms with Crippen molar-refractivity contribution >= 4 is 11.3 Å². The Kier molecular flexibility index (Phi) is 6.90. The Morgan fingerprint density at radius 2 is 2.00 bits per heavy atom. The monoisotopic (exact) mass is 268 g/mol. The summed E-state index contributed by atoms with van der Waals surface area (Å²) in [6, 6.07) is 5.67. The quantitative estimate of drug-likeness (QED) is 0.773. The molecule has 0 aliphatic rings. The highest BCUT2D eigenvalue weighted by atomic mass is 32.1. The first kappa shape index (κ1) is 15.7. The second kappa shape index (κ2) is 7.93. The van der Waals surface area contributed by atoms with E-state index >= 15 is 0 Å². The van der Waals surface area contributed by atoms with Gasteiger partial charge in [0.15, 0.2) is 0 Å². The zero-order valence-corrected chi connectivity index (χ0v) is 13.3. The fourth-order valence-corrected chi connectivity index (χ4v) is 2.89. The Balaban J connectivity index is 2.30. The molecule has 104 valence electrons. The molecule has 2 atom stereocenters. The summed E-state index contributed by atoms with van der Waals surface area (Å²) >= 11 is 1.93. The van der Waals surface area contributed by atoms with Gasteiger partial charge >= 0.3 is 0 Å². The average Bonchev–Trinajstić information content (AvgIpc) is 2.86. The van der Waals surface area contributed by atoms with Crippen molar-refractivity contribution in [2.24, 2.45) is 0 Å². The molecule has 1 aromatic rings. The van der Waals surface area contributed by atoms with Gasteiger partial charge in [-0.3, -0.25) is 0 Å². The highest BCUT2D eigenvalue weighted by Crippen LogP contribution is 2.23. The zero-order valence-electron chi connectivity index (χ0n) is 12.5. The van der Waals surface area contributed by atoms with Gasteiger partial charge in [0, 0.05) is 34.9 Å². The number of hydrogen-bond donors (Lipinski definition) is 1. The molecule has 0 saturated carbocycles. The summed E-state index contributed by atoms with van der Waals surface area (Å²) in [5.74, 6) is 0. The zero-order chi connectivity index (χ0) is 13.5. The third-order valence-corrected chi connectivity index (χ3v) is 5.13. The van der Waals surface area contributed by atoms with Gasteiger partial charge in [-0.15, -0.1) is 11.3 Å². The van der Waals surface area contributed by atoms with Crippen molar-refractivity contribution in [3.05, 3.63) is 21.9 Å². The fraction of sp³-hybridized carbons (Fsp3) is 0.733. The minimum Gasteiger partial charge on any atom is -0.308 e. The Labute approximate surface area is 116 Å². The molecule has 0 amide bonds. The average molecular weight is 268 g/mol. The van der Waals surface area contributed by atoms with E-state index in [-0.39, 0.29) is 0 Å². The van der Waals surface area contributed by atoms with Gasteiger partial charge in [-0.25, -0.2) is 0 Å². The maximum Gasteiger partial charge on any atom is 0.0386 e. The van der Waals surface area contributed by atoms with E-state index in [1.807, 2.05) is 11.3 Å². The van der Waals surface area contributed by atoms with Crippen LogP contribution in [0.4, 0.5) is 0 Å². The molecular weight excluding hydrogens is 240 g/mol. The second-order valence-corrected chi connectivity index (χ2v) is 6.27.